The molecule has 1 aliphatic heterocycles. The standard InChI is InChI=1S/C17H21N5O2/c1-4-14-19-17-20-16(24)13(22(17)21-14)9-15(23)18-12-7-5-11(6-8-12)10(2)3/h5-8,10,13H,4,9H2,1-3H3,(H,18,23)(H,19,20,21,24). The van der Waals surface area contributed by atoms with Gasteiger partial charge in [0.2, 0.25) is 11.9 Å². The summed E-state index contributed by atoms with van der Waals surface area (Å²) in [6.07, 6.45) is 0.703. The van der Waals surface area contributed by atoms with Gasteiger partial charge in [-0.15, -0.1) is 0 Å². The molecular formula is C17H21N5O2. The van der Waals surface area contributed by atoms with Crippen LogP contribution in [0.2, 0.25) is 0 Å². The second-order valence-electron chi connectivity index (χ2n) is 6.18. The summed E-state index contributed by atoms with van der Waals surface area (Å²) < 4.78 is 1.50. The van der Waals surface area contributed by atoms with E-state index in [-0.39, 0.29) is 18.2 Å². The second kappa shape index (κ2) is 6.43. The number of nitrogens with one attached hydrogen (secondary N) is 2. The van der Waals surface area contributed by atoms with E-state index >= 15 is 0 Å². The molecule has 24 heavy (non-hydrogen) atoms. The fourth-order valence-electron chi connectivity index (χ4n) is 2.64. The summed E-state index contributed by atoms with van der Waals surface area (Å²) >= 11 is 0. The van der Waals surface area contributed by atoms with Crippen molar-refractivity contribution in [2.75, 3.05) is 10.6 Å². The lowest BCUT2D eigenvalue weighted by atomic mass is 10.0. The van der Waals surface area contributed by atoms with E-state index in [0.717, 1.165) is 5.69 Å². The van der Waals surface area contributed by atoms with Crippen molar-refractivity contribution in [2.24, 2.45) is 0 Å². The molecule has 0 saturated carbocycles. The fourth-order valence-corrected chi connectivity index (χ4v) is 2.64. The minimum absolute atomic E-state index is 0.0251. The summed E-state index contributed by atoms with van der Waals surface area (Å²) in [6.45, 7) is 6.18. The minimum Gasteiger partial charge on any atom is -0.326 e. The van der Waals surface area contributed by atoms with Crippen molar-refractivity contribution in [3.05, 3.63) is 35.7 Å². The Balaban J connectivity index is 1.67. The average molecular weight is 327 g/mol. The molecule has 3 rings (SSSR count). The Hall–Kier alpha value is -2.70. The van der Waals surface area contributed by atoms with Gasteiger partial charge < -0.3 is 5.32 Å². The molecule has 1 aliphatic rings. The molecule has 0 bridgehead atoms. The highest BCUT2D eigenvalue weighted by molar-refractivity contribution is 6.00. The number of carbonyl (C=O) groups is 2. The van der Waals surface area contributed by atoms with E-state index in [9.17, 15) is 9.59 Å². The van der Waals surface area contributed by atoms with Gasteiger partial charge in [-0.25, -0.2) is 4.68 Å². The molecule has 1 atom stereocenters. The SMILES string of the molecule is CCc1nc2n(n1)C(CC(=O)Nc1ccc(C(C)C)cc1)C(=O)N2. The Morgan fingerprint density at radius 2 is 2.04 bits per heavy atom. The molecule has 1 unspecified atom stereocenters. The lowest BCUT2D eigenvalue weighted by molar-refractivity contribution is -0.123. The molecule has 126 valence electrons. The van der Waals surface area contributed by atoms with Crippen molar-refractivity contribution in [1.82, 2.24) is 14.8 Å². The highest BCUT2D eigenvalue weighted by Crippen LogP contribution is 2.25. The number of nitrogens with zero attached hydrogens (tertiary/aromatic N) is 3. The molecule has 1 aromatic carbocycles. The van der Waals surface area contributed by atoms with E-state index in [1.54, 1.807) is 0 Å². The molecule has 0 aliphatic carbocycles. The van der Waals surface area contributed by atoms with Gasteiger partial charge in [-0.2, -0.15) is 10.1 Å². The van der Waals surface area contributed by atoms with Crippen molar-refractivity contribution in [3.63, 3.8) is 0 Å². The summed E-state index contributed by atoms with van der Waals surface area (Å²) in [7, 11) is 0. The number of rotatable bonds is 5. The van der Waals surface area contributed by atoms with Crippen molar-refractivity contribution in [2.45, 2.75) is 45.6 Å². The molecule has 0 spiro atoms. The topological polar surface area (TPSA) is 88.9 Å². The van der Waals surface area contributed by atoms with Gasteiger partial charge in [0.15, 0.2) is 5.82 Å². The molecule has 2 N–H and O–H groups in total. The van der Waals surface area contributed by atoms with Gasteiger partial charge in [0, 0.05) is 12.1 Å². The molecule has 0 radical (unpaired) electrons. The van der Waals surface area contributed by atoms with Crippen molar-refractivity contribution < 1.29 is 9.59 Å². The second-order valence-corrected chi connectivity index (χ2v) is 6.18. The Kier molecular flexibility index (Phi) is 4.33. The van der Waals surface area contributed by atoms with Crippen LogP contribution in [0.1, 0.15) is 50.5 Å². The molecule has 0 fully saturated rings. The van der Waals surface area contributed by atoms with E-state index in [1.807, 2.05) is 31.2 Å². The number of aromatic nitrogens is 3. The Labute approximate surface area is 140 Å². The smallest absolute Gasteiger partial charge is 0.252 e. The predicted octanol–water partition coefficient (Wildman–Crippen LogP) is 2.49. The molecule has 2 aromatic rings. The summed E-state index contributed by atoms with van der Waals surface area (Å²) in [5.74, 6) is 1.03. The van der Waals surface area contributed by atoms with Crippen LogP contribution in [0.4, 0.5) is 11.6 Å². The fraction of sp³-hybridized carbons (Fsp3) is 0.412. The minimum atomic E-state index is -0.650. The Morgan fingerprint density at radius 3 is 2.67 bits per heavy atom. The predicted molar refractivity (Wildman–Crippen MR) is 90.8 cm³/mol. The summed E-state index contributed by atoms with van der Waals surface area (Å²) in [5.41, 5.74) is 1.93. The maximum Gasteiger partial charge on any atom is 0.252 e. The van der Waals surface area contributed by atoms with Gasteiger partial charge in [0.25, 0.3) is 5.91 Å². The van der Waals surface area contributed by atoms with Crippen LogP contribution in [0, 0.1) is 0 Å². The highest BCUT2D eigenvalue weighted by atomic mass is 16.2. The van der Waals surface area contributed by atoms with Crippen LogP contribution >= 0.6 is 0 Å². The van der Waals surface area contributed by atoms with Gasteiger partial charge in [-0.3, -0.25) is 14.9 Å². The number of anilines is 2. The van der Waals surface area contributed by atoms with Crippen LogP contribution in [0.15, 0.2) is 24.3 Å². The van der Waals surface area contributed by atoms with Crippen molar-refractivity contribution in [3.8, 4) is 0 Å². The quantitative estimate of drug-likeness (QED) is 0.883. The third-order valence-electron chi connectivity index (χ3n) is 4.06. The zero-order valence-corrected chi connectivity index (χ0v) is 14.0. The first kappa shape index (κ1) is 16.2. The zero-order valence-electron chi connectivity index (χ0n) is 14.0. The first-order valence-electron chi connectivity index (χ1n) is 8.14. The first-order valence-corrected chi connectivity index (χ1v) is 8.14. The lowest BCUT2D eigenvalue weighted by Gasteiger charge is -2.11. The van der Waals surface area contributed by atoms with E-state index in [1.165, 1.54) is 10.2 Å². The van der Waals surface area contributed by atoms with Crippen LogP contribution in [-0.4, -0.2) is 26.6 Å². The number of fused-ring (bicyclic) bond motifs is 1. The number of aryl methyl sites for hydroxylation is 1. The average Bonchev–Trinajstić information content (AvgIpc) is 3.06. The van der Waals surface area contributed by atoms with Crippen LogP contribution in [0.25, 0.3) is 0 Å². The molecule has 7 heteroatoms. The maximum absolute atomic E-state index is 12.3. The number of amides is 2. The highest BCUT2D eigenvalue weighted by Gasteiger charge is 2.34. The monoisotopic (exact) mass is 327 g/mol. The maximum atomic E-state index is 12.3. The summed E-state index contributed by atoms with van der Waals surface area (Å²) in [5, 5.41) is 9.76. The number of hydrogen-bond acceptors (Lipinski definition) is 4. The largest absolute Gasteiger partial charge is 0.326 e. The summed E-state index contributed by atoms with van der Waals surface area (Å²) in [4.78, 5) is 28.5. The van der Waals surface area contributed by atoms with Crippen LogP contribution in [-0.2, 0) is 16.0 Å². The number of benzene rings is 1. The number of hydrogen-bond donors (Lipinski definition) is 2. The van der Waals surface area contributed by atoms with Crippen molar-refractivity contribution >= 4 is 23.5 Å². The van der Waals surface area contributed by atoms with E-state index in [2.05, 4.69) is 34.6 Å². The molecule has 7 nitrogen and oxygen atoms in total. The van der Waals surface area contributed by atoms with Gasteiger partial charge in [-0.05, 0) is 23.6 Å². The molecule has 2 heterocycles. The Morgan fingerprint density at radius 1 is 1.33 bits per heavy atom. The summed E-state index contributed by atoms with van der Waals surface area (Å²) in [6, 6.07) is 7.08. The van der Waals surface area contributed by atoms with Crippen LogP contribution in [0.3, 0.4) is 0 Å². The van der Waals surface area contributed by atoms with Crippen molar-refractivity contribution in [1.29, 1.82) is 0 Å². The van der Waals surface area contributed by atoms with Gasteiger partial charge in [-0.1, -0.05) is 32.9 Å². The molecule has 2 amide bonds. The van der Waals surface area contributed by atoms with E-state index in [0.29, 0.717) is 24.1 Å². The normalized spacial score (nSPS) is 16.2. The molecule has 0 saturated heterocycles. The third-order valence-corrected chi connectivity index (χ3v) is 4.06. The molecule has 1 aromatic heterocycles. The number of carbonyl (C=O) groups excluding carboxylic acids is 2. The van der Waals surface area contributed by atoms with Crippen LogP contribution < -0.4 is 10.6 Å². The Bertz CT molecular complexity index is 764. The lowest BCUT2D eigenvalue weighted by Crippen LogP contribution is -2.24. The van der Waals surface area contributed by atoms with Gasteiger partial charge >= 0.3 is 0 Å². The van der Waals surface area contributed by atoms with Crippen LogP contribution in [0.5, 0.6) is 0 Å². The third kappa shape index (κ3) is 3.15. The van der Waals surface area contributed by atoms with Gasteiger partial charge in [0.1, 0.15) is 6.04 Å². The van der Waals surface area contributed by atoms with Gasteiger partial charge in [0.05, 0.1) is 6.42 Å². The first-order chi connectivity index (χ1) is 11.5. The molecular weight excluding hydrogens is 306 g/mol. The van der Waals surface area contributed by atoms with E-state index in [4.69, 9.17) is 0 Å². The zero-order chi connectivity index (χ0) is 17.3. The van der Waals surface area contributed by atoms with E-state index < -0.39 is 6.04 Å².